The summed E-state index contributed by atoms with van der Waals surface area (Å²) in [5, 5.41) is 3.56. The Hall–Kier alpha value is -0.0800. The Kier molecular flexibility index (Phi) is 6.65. The fourth-order valence-electron chi connectivity index (χ4n) is 3.57. The predicted octanol–water partition coefficient (Wildman–Crippen LogP) is 3.90. The Bertz CT molecular complexity index is 217. The minimum Gasteiger partial charge on any atom is -0.316 e. The van der Waals surface area contributed by atoms with Gasteiger partial charge in [0.2, 0.25) is 0 Å². The van der Waals surface area contributed by atoms with E-state index in [-0.39, 0.29) is 6.17 Å². The largest absolute Gasteiger partial charge is 0.316 e. The molecule has 0 spiro atoms. The van der Waals surface area contributed by atoms with Crippen LogP contribution in [-0.4, -0.2) is 12.7 Å². The fourth-order valence-corrected chi connectivity index (χ4v) is 3.57. The van der Waals surface area contributed by atoms with Gasteiger partial charge in [-0.15, -0.1) is 0 Å². The summed E-state index contributed by atoms with van der Waals surface area (Å²) in [6, 6.07) is 0. The summed E-state index contributed by atoms with van der Waals surface area (Å²) in [5.74, 6) is 1.63. The van der Waals surface area contributed by atoms with Gasteiger partial charge in [-0.05, 0) is 49.5 Å². The van der Waals surface area contributed by atoms with Crippen molar-refractivity contribution < 1.29 is 0 Å². The van der Waals surface area contributed by atoms with Crippen LogP contribution in [0.3, 0.4) is 0 Å². The number of hydrogen-bond donors (Lipinski definition) is 2. The average Bonchev–Trinajstić information content (AvgIpc) is 2.25. The first-order valence-electron chi connectivity index (χ1n) is 7.88. The maximum atomic E-state index is 6.24. The Labute approximate surface area is 114 Å². The third-order valence-electron chi connectivity index (χ3n) is 4.13. The van der Waals surface area contributed by atoms with Crippen molar-refractivity contribution in [2.24, 2.45) is 23.0 Å². The first-order valence-corrected chi connectivity index (χ1v) is 7.88. The topological polar surface area (TPSA) is 38.0 Å². The molecule has 18 heavy (non-hydrogen) atoms. The van der Waals surface area contributed by atoms with Crippen molar-refractivity contribution in [1.29, 1.82) is 0 Å². The number of rotatable bonds is 7. The molecule has 0 radical (unpaired) electrons. The molecule has 0 heterocycles. The van der Waals surface area contributed by atoms with Crippen LogP contribution in [0.15, 0.2) is 0 Å². The van der Waals surface area contributed by atoms with Crippen LogP contribution in [0.1, 0.15) is 72.6 Å². The summed E-state index contributed by atoms with van der Waals surface area (Å²) in [7, 11) is 0. The molecule has 0 aromatic rings. The minimum atomic E-state index is 0.167. The van der Waals surface area contributed by atoms with Crippen LogP contribution >= 0.6 is 0 Å². The molecule has 1 rings (SSSR count). The van der Waals surface area contributed by atoms with E-state index in [1.807, 2.05) is 0 Å². The normalized spacial score (nSPS) is 20.3. The van der Waals surface area contributed by atoms with E-state index in [0.29, 0.717) is 5.41 Å². The molecule has 0 aromatic heterocycles. The summed E-state index contributed by atoms with van der Waals surface area (Å²) in [5.41, 5.74) is 6.60. The van der Waals surface area contributed by atoms with E-state index in [1.54, 1.807) is 0 Å². The monoisotopic (exact) mass is 254 g/mol. The highest BCUT2D eigenvalue weighted by Gasteiger charge is 2.23. The molecule has 1 fully saturated rings. The molecule has 0 amide bonds. The summed E-state index contributed by atoms with van der Waals surface area (Å²) in [6.45, 7) is 10.4. The summed E-state index contributed by atoms with van der Waals surface area (Å²) >= 11 is 0. The Morgan fingerprint density at radius 3 is 2.28 bits per heavy atom. The van der Waals surface area contributed by atoms with Gasteiger partial charge in [0.15, 0.2) is 0 Å². The van der Waals surface area contributed by atoms with E-state index in [0.717, 1.165) is 24.8 Å². The molecule has 108 valence electrons. The fraction of sp³-hybridized carbons (Fsp3) is 1.00. The smallest absolute Gasteiger partial charge is 0.0551 e. The Morgan fingerprint density at radius 2 is 1.72 bits per heavy atom. The van der Waals surface area contributed by atoms with Crippen molar-refractivity contribution in [3.63, 3.8) is 0 Å². The zero-order chi connectivity index (χ0) is 13.6. The van der Waals surface area contributed by atoms with Gasteiger partial charge in [0, 0.05) is 0 Å². The lowest BCUT2D eigenvalue weighted by Gasteiger charge is -2.31. The van der Waals surface area contributed by atoms with Crippen molar-refractivity contribution in [2.45, 2.75) is 78.8 Å². The van der Waals surface area contributed by atoms with Gasteiger partial charge in [0.1, 0.15) is 0 Å². The number of nitrogens with two attached hydrogens (primary N) is 1. The van der Waals surface area contributed by atoms with Crippen LogP contribution in [0.2, 0.25) is 0 Å². The molecule has 1 atom stereocenters. The van der Waals surface area contributed by atoms with Gasteiger partial charge < -0.3 is 11.1 Å². The van der Waals surface area contributed by atoms with E-state index in [9.17, 15) is 0 Å². The summed E-state index contributed by atoms with van der Waals surface area (Å²) < 4.78 is 0. The van der Waals surface area contributed by atoms with Crippen molar-refractivity contribution in [1.82, 2.24) is 5.32 Å². The van der Waals surface area contributed by atoms with E-state index in [2.05, 4.69) is 33.0 Å². The molecule has 0 bridgehead atoms. The standard InChI is InChI=1S/C16H34N2/c1-13(2)10-16(3,4)11-15(17)18-12-14-8-6-5-7-9-14/h13-15,18H,5-12,17H2,1-4H3. The van der Waals surface area contributed by atoms with Gasteiger partial charge in [-0.2, -0.15) is 0 Å². The van der Waals surface area contributed by atoms with E-state index in [1.165, 1.54) is 38.5 Å². The molecular weight excluding hydrogens is 220 g/mol. The second-order valence-electron chi connectivity index (χ2n) is 7.49. The summed E-state index contributed by atoms with van der Waals surface area (Å²) in [4.78, 5) is 0. The third-order valence-corrected chi connectivity index (χ3v) is 4.13. The van der Waals surface area contributed by atoms with Crippen LogP contribution in [0.4, 0.5) is 0 Å². The van der Waals surface area contributed by atoms with Gasteiger partial charge in [0.25, 0.3) is 0 Å². The highest BCUT2D eigenvalue weighted by atomic mass is 15.0. The first-order chi connectivity index (χ1) is 8.39. The van der Waals surface area contributed by atoms with Crippen molar-refractivity contribution in [2.75, 3.05) is 6.54 Å². The highest BCUT2D eigenvalue weighted by molar-refractivity contribution is 4.77. The van der Waals surface area contributed by atoms with Crippen molar-refractivity contribution in [3.8, 4) is 0 Å². The van der Waals surface area contributed by atoms with Gasteiger partial charge >= 0.3 is 0 Å². The highest BCUT2D eigenvalue weighted by Crippen LogP contribution is 2.30. The minimum absolute atomic E-state index is 0.167. The zero-order valence-corrected chi connectivity index (χ0v) is 13.0. The molecule has 1 aliphatic rings. The maximum Gasteiger partial charge on any atom is 0.0551 e. The van der Waals surface area contributed by atoms with Crippen molar-refractivity contribution >= 4 is 0 Å². The van der Waals surface area contributed by atoms with E-state index < -0.39 is 0 Å². The van der Waals surface area contributed by atoms with E-state index >= 15 is 0 Å². The van der Waals surface area contributed by atoms with Crippen LogP contribution in [0.5, 0.6) is 0 Å². The van der Waals surface area contributed by atoms with Gasteiger partial charge in [-0.3, -0.25) is 0 Å². The molecule has 3 N–H and O–H groups in total. The van der Waals surface area contributed by atoms with Gasteiger partial charge in [0.05, 0.1) is 6.17 Å². The molecule has 0 saturated heterocycles. The maximum absolute atomic E-state index is 6.24. The number of nitrogens with one attached hydrogen (secondary N) is 1. The molecule has 0 aromatic carbocycles. The lowest BCUT2D eigenvalue weighted by Crippen LogP contribution is -2.43. The SMILES string of the molecule is CC(C)CC(C)(C)CC(N)NCC1CCCCC1. The zero-order valence-electron chi connectivity index (χ0n) is 13.0. The van der Waals surface area contributed by atoms with Crippen LogP contribution in [0, 0.1) is 17.3 Å². The quantitative estimate of drug-likeness (QED) is 0.676. The second kappa shape index (κ2) is 7.49. The molecule has 0 aliphatic heterocycles. The van der Waals surface area contributed by atoms with Gasteiger partial charge in [-0.25, -0.2) is 0 Å². The first kappa shape index (κ1) is 16.0. The van der Waals surface area contributed by atoms with Crippen LogP contribution in [-0.2, 0) is 0 Å². The van der Waals surface area contributed by atoms with Gasteiger partial charge in [-0.1, -0.05) is 47.0 Å². The molecule has 1 unspecified atom stereocenters. The lowest BCUT2D eigenvalue weighted by molar-refractivity contribution is 0.224. The molecule has 2 nitrogen and oxygen atoms in total. The Balaban J connectivity index is 2.21. The molecular formula is C16H34N2. The second-order valence-corrected chi connectivity index (χ2v) is 7.49. The average molecular weight is 254 g/mol. The number of hydrogen-bond acceptors (Lipinski definition) is 2. The van der Waals surface area contributed by atoms with Crippen LogP contribution in [0.25, 0.3) is 0 Å². The Morgan fingerprint density at radius 1 is 1.11 bits per heavy atom. The van der Waals surface area contributed by atoms with E-state index in [4.69, 9.17) is 5.73 Å². The predicted molar refractivity (Wildman–Crippen MR) is 80.4 cm³/mol. The summed E-state index contributed by atoms with van der Waals surface area (Å²) in [6.07, 6.45) is 9.57. The van der Waals surface area contributed by atoms with Crippen molar-refractivity contribution in [3.05, 3.63) is 0 Å². The molecule has 1 aliphatic carbocycles. The molecule has 2 heteroatoms. The lowest BCUT2D eigenvalue weighted by atomic mass is 9.80. The van der Waals surface area contributed by atoms with Crippen LogP contribution < -0.4 is 11.1 Å². The molecule has 1 saturated carbocycles. The third kappa shape index (κ3) is 6.75.